The molecule has 2 aromatic rings. The smallest absolute Gasteiger partial charge is 0.196 e. The molecular weight excluding hydrogens is 274 g/mol. The molecule has 3 heteroatoms. The predicted octanol–water partition coefficient (Wildman–Crippen LogP) is 4.27. The molecule has 2 atom stereocenters. The number of hydrogen-bond acceptors (Lipinski definition) is 3. The summed E-state index contributed by atoms with van der Waals surface area (Å²) in [6.07, 6.45) is -0.641. The van der Waals surface area contributed by atoms with Crippen LogP contribution in [0.3, 0.4) is 0 Å². The summed E-state index contributed by atoms with van der Waals surface area (Å²) in [5.74, 6) is -0.441. The molecule has 0 aromatic heterocycles. The maximum atomic E-state index is 12.9. The quantitative estimate of drug-likeness (QED) is 0.747. The van der Waals surface area contributed by atoms with E-state index >= 15 is 0 Å². The van der Waals surface area contributed by atoms with Crippen LogP contribution >= 0.6 is 0 Å². The van der Waals surface area contributed by atoms with Gasteiger partial charge in [0.2, 0.25) is 0 Å². The lowest BCUT2D eigenvalue weighted by Gasteiger charge is -2.18. The molecular formula is C19H19NO2. The Hall–Kier alpha value is -2.44. The average Bonchev–Trinajstić information content (AvgIpc) is 2.59. The van der Waals surface area contributed by atoms with Crippen molar-refractivity contribution in [2.24, 2.45) is 0 Å². The summed E-state index contributed by atoms with van der Waals surface area (Å²) in [5, 5.41) is 9.16. The highest BCUT2D eigenvalue weighted by molar-refractivity contribution is 6.01. The van der Waals surface area contributed by atoms with E-state index < -0.39 is 6.10 Å². The van der Waals surface area contributed by atoms with E-state index in [4.69, 9.17) is 10.00 Å². The Balaban J connectivity index is 2.43. The first-order valence-electron chi connectivity index (χ1n) is 7.38. The Morgan fingerprint density at radius 2 is 1.77 bits per heavy atom. The first kappa shape index (κ1) is 15.9. The topological polar surface area (TPSA) is 50.1 Å². The zero-order valence-corrected chi connectivity index (χ0v) is 12.8. The van der Waals surface area contributed by atoms with Crippen LogP contribution < -0.4 is 0 Å². The van der Waals surface area contributed by atoms with Gasteiger partial charge in [0.05, 0.1) is 12.0 Å². The molecule has 0 fully saturated rings. The van der Waals surface area contributed by atoms with Gasteiger partial charge in [-0.3, -0.25) is 4.79 Å². The van der Waals surface area contributed by atoms with Crippen molar-refractivity contribution in [3.05, 3.63) is 71.3 Å². The van der Waals surface area contributed by atoms with Crippen molar-refractivity contribution in [1.29, 1.82) is 5.26 Å². The molecule has 0 radical (unpaired) electrons. The second-order valence-electron chi connectivity index (χ2n) is 5.05. The minimum absolute atomic E-state index is 0.106. The number of nitriles is 1. The lowest BCUT2D eigenvalue weighted by Crippen LogP contribution is -2.18. The number of hydrogen-bond donors (Lipinski definition) is 0. The van der Waals surface area contributed by atoms with Crippen molar-refractivity contribution in [3.63, 3.8) is 0 Å². The van der Waals surface area contributed by atoms with Gasteiger partial charge in [-0.1, -0.05) is 54.6 Å². The molecule has 112 valence electrons. The van der Waals surface area contributed by atoms with Gasteiger partial charge in [-0.15, -0.1) is 0 Å². The van der Waals surface area contributed by atoms with Gasteiger partial charge in [0.15, 0.2) is 5.78 Å². The van der Waals surface area contributed by atoms with Crippen molar-refractivity contribution >= 4 is 5.78 Å². The fourth-order valence-corrected chi connectivity index (χ4v) is 2.43. The van der Waals surface area contributed by atoms with Crippen molar-refractivity contribution < 1.29 is 9.53 Å². The molecule has 3 nitrogen and oxygen atoms in total. The number of ketones is 1. The SMILES string of the molecule is CCOC(C(=O)c1ccccc1C(C)C#N)c1ccccc1. The van der Waals surface area contributed by atoms with E-state index in [-0.39, 0.29) is 11.7 Å². The van der Waals surface area contributed by atoms with E-state index in [2.05, 4.69) is 6.07 Å². The largest absolute Gasteiger partial charge is 0.366 e. The number of carbonyl (C=O) groups is 1. The third-order valence-electron chi connectivity index (χ3n) is 3.56. The summed E-state index contributed by atoms with van der Waals surface area (Å²) < 4.78 is 5.68. The van der Waals surface area contributed by atoms with E-state index in [1.54, 1.807) is 13.0 Å². The summed E-state index contributed by atoms with van der Waals surface area (Å²) >= 11 is 0. The Morgan fingerprint density at radius 3 is 2.41 bits per heavy atom. The first-order valence-corrected chi connectivity index (χ1v) is 7.38. The summed E-state index contributed by atoms with van der Waals surface area (Å²) in [5.41, 5.74) is 2.13. The number of Topliss-reactive ketones (excluding diaryl/α,β-unsaturated/α-hetero) is 1. The maximum absolute atomic E-state index is 12.9. The minimum atomic E-state index is -0.641. The minimum Gasteiger partial charge on any atom is -0.366 e. The second kappa shape index (κ2) is 7.53. The van der Waals surface area contributed by atoms with Gasteiger partial charge in [0.1, 0.15) is 6.10 Å². The third-order valence-corrected chi connectivity index (χ3v) is 3.56. The van der Waals surface area contributed by atoms with Gasteiger partial charge in [-0.25, -0.2) is 0 Å². The van der Waals surface area contributed by atoms with Crippen LogP contribution in [0, 0.1) is 11.3 Å². The summed E-state index contributed by atoms with van der Waals surface area (Å²) in [6.45, 7) is 4.11. The van der Waals surface area contributed by atoms with Crippen molar-refractivity contribution in [2.75, 3.05) is 6.61 Å². The zero-order chi connectivity index (χ0) is 15.9. The molecule has 0 bridgehead atoms. The van der Waals surface area contributed by atoms with E-state index in [1.807, 2.05) is 55.5 Å². The Morgan fingerprint density at radius 1 is 1.14 bits per heavy atom. The summed E-state index contributed by atoms with van der Waals surface area (Å²) in [4.78, 5) is 12.9. The highest BCUT2D eigenvalue weighted by Gasteiger charge is 2.25. The van der Waals surface area contributed by atoms with Crippen LogP contribution in [0.2, 0.25) is 0 Å². The Kier molecular flexibility index (Phi) is 5.46. The van der Waals surface area contributed by atoms with Crippen molar-refractivity contribution in [2.45, 2.75) is 25.9 Å². The lowest BCUT2D eigenvalue weighted by atomic mass is 9.91. The highest BCUT2D eigenvalue weighted by atomic mass is 16.5. The lowest BCUT2D eigenvalue weighted by molar-refractivity contribution is 0.0451. The Bertz CT molecular complexity index is 673. The first-order chi connectivity index (χ1) is 10.7. The molecule has 0 aliphatic heterocycles. The molecule has 2 rings (SSSR count). The van der Waals surface area contributed by atoms with Crippen LogP contribution in [0.15, 0.2) is 54.6 Å². The molecule has 2 aromatic carbocycles. The molecule has 2 unspecified atom stereocenters. The van der Waals surface area contributed by atoms with Gasteiger partial charge < -0.3 is 4.74 Å². The molecule has 22 heavy (non-hydrogen) atoms. The number of rotatable bonds is 6. The van der Waals surface area contributed by atoms with Crippen LogP contribution in [0.1, 0.15) is 47.4 Å². The van der Waals surface area contributed by atoms with Gasteiger partial charge in [0.25, 0.3) is 0 Å². The fourth-order valence-electron chi connectivity index (χ4n) is 2.43. The normalized spacial score (nSPS) is 13.1. The maximum Gasteiger partial charge on any atom is 0.196 e. The van der Waals surface area contributed by atoms with Crippen molar-refractivity contribution in [1.82, 2.24) is 0 Å². The number of ether oxygens (including phenoxy) is 1. The van der Waals surface area contributed by atoms with Gasteiger partial charge in [0, 0.05) is 12.2 Å². The Labute approximate surface area is 131 Å². The number of nitrogens with zero attached hydrogens (tertiary/aromatic N) is 1. The van der Waals surface area contributed by atoms with E-state index in [9.17, 15) is 4.79 Å². The third kappa shape index (κ3) is 3.41. The van der Waals surface area contributed by atoms with Gasteiger partial charge in [-0.05, 0) is 25.0 Å². The number of benzene rings is 2. The zero-order valence-electron chi connectivity index (χ0n) is 12.8. The standard InChI is InChI=1S/C19H19NO2/c1-3-22-19(15-9-5-4-6-10-15)18(21)17-12-8-7-11-16(17)14(2)13-20/h4-12,14,19H,3H2,1-2H3. The molecule has 0 aliphatic rings. The summed E-state index contributed by atoms with van der Waals surface area (Å²) in [7, 11) is 0. The monoisotopic (exact) mass is 293 g/mol. The molecule has 0 saturated carbocycles. The van der Waals surface area contributed by atoms with Crippen LogP contribution in [0.4, 0.5) is 0 Å². The molecule has 0 spiro atoms. The van der Waals surface area contributed by atoms with Crippen LogP contribution in [-0.2, 0) is 4.74 Å². The van der Waals surface area contributed by atoms with Crippen LogP contribution in [0.25, 0.3) is 0 Å². The highest BCUT2D eigenvalue weighted by Crippen LogP contribution is 2.27. The molecule has 0 N–H and O–H groups in total. The average molecular weight is 293 g/mol. The van der Waals surface area contributed by atoms with Crippen LogP contribution in [-0.4, -0.2) is 12.4 Å². The second-order valence-corrected chi connectivity index (χ2v) is 5.05. The predicted molar refractivity (Wildman–Crippen MR) is 85.6 cm³/mol. The van der Waals surface area contributed by atoms with Gasteiger partial charge >= 0.3 is 0 Å². The molecule has 0 saturated heterocycles. The van der Waals surface area contributed by atoms with Crippen molar-refractivity contribution in [3.8, 4) is 6.07 Å². The molecule has 0 amide bonds. The molecule has 0 aliphatic carbocycles. The fraction of sp³-hybridized carbons (Fsp3) is 0.263. The summed E-state index contributed by atoms with van der Waals surface area (Å²) in [6, 6.07) is 18.9. The van der Waals surface area contributed by atoms with E-state index in [0.29, 0.717) is 12.2 Å². The van der Waals surface area contributed by atoms with E-state index in [1.165, 1.54) is 0 Å². The van der Waals surface area contributed by atoms with E-state index in [0.717, 1.165) is 11.1 Å². The van der Waals surface area contributed by atoms with Gasteiger partial charge in [-0.2, -0.15) is 5.26 Å². The number of carbonyl (C=O) groups excluding carboxylic acids is 1. The molecule has 0 heterocycles. The van der Waals surface area contributed by atoms with Crippen LogP contribution in [0.5, 0.6) is 0 Å².